The molecular formula is C28H23N3O5S. The highest BCUT2D eigenvalue weighted by Crippen LogP contribution is 2.44. The first-order valence-corrected chi connectivity index (χ1v) is 12.5. The summed E-state index contributed by atoms with van der Waals surface area (Å²) in [5, 5.41) is 22.6. The summed E-state index contributed by atoms with van der Waals surface area (Å²) in [7, 11) is 0. The Morgan fingerprint density at radius 3 is 2.46 bits per heavy atom. The predicted octanol–water partition coefficient (Wildman–Crippen LogP) is 6.26. The molecule has 1 saturated heterocycles. The van der Waals surface area contributed by atoms with Crippen LogP contribution in [0.25, 0.3) is 16.0 Å². The fourth-order valence-electron chi connectivity index (χ4n) is 4.47. The first kappa shape index (κ1) is 24.3. The number of thiazole rings is 1. The van der Waals surface area contributed by atoms with Gasteiger partial charge in [-0.05, 0) is 48.2 Å². The van der Waals surface area contributed by atoms with E-state index in [0.29, 0.717) is 22.1 Å². The topological polar surface area (TPSA) is 114 Å². The van der Waals surface area contributed by atoms with E-state index in [1.54, 1.807) is 6.07 Å². The number of benzene rings is 3. The molecule has 4 aromatic rings. The van der Waals surface area contributed by atoms with Crippen molar-refractivity contribution in [1.82, 2.24) is 4.98 Å². The van der Waals surface area contributed by atoms with Crippen LogP contribution in [0.1, 0.15) is 48.1 Å². The van der Waals surface area contributed by atoms with E-state index in [1.807, 2.05) is 43.3 Å². The van der Waals surface area contributed by atoms with Gasteiger partial charge < -0.3 is 5.11 Å². The first-order valence-electron chi connectivity index (χ1n) is 11.7. The van der Waals surface area contributed by atoms with E-state index in [-0.39, 0.29) is 16.8 Å². The van der Waals surface area contributed by atoms with Crippen molar-refractivity contribution in [2.24, 2.45) is 0 Å². The van der Waals surface area contributed by atoms with Crippen molar-refractivity contribution < 1.29 is 19.6 Å². The van der Waals surface area contributed by atoms with Crippen LogP contribution in [-0.4, -0.2) is 26.7 Å². The second-order valence-electron chi connectivity index (χ2n) is 9.27. The second kappa shape index (κ2) is 9.25. The molecule has 8 nitrogen and oxygen atoms in total. The van der Waals surface area contributed by atoms with Crippen LogP contribution in [0.5, 0.6) is 0 Å². The number of anilines is 1. The summed E-state index contributed by atoms with van der Waals surface area (Å²) >= 11 is 1.31. The van der Waals surface area contributed by atoms with Crippen molar-refractivity contribution in [2.45, 2.75) is 32.7 Å². The molecule has 1 atom stereocenters. The minimum Gasteiger partial charge on any atom is -0.507 e. The number of nitrogens with zero attached hydrogens (tertiary/aromatic N) is 3. The maximum absolute atomic E-state index is 13.4. The zero-order valence-electron chi connectivity index (χ0n) is 20.3. The highest BCUT2D eigenvalue weighted by atomic mass is 32.1. The van der Waals surface area contributed by atoms with Crippen LogP contribution in [0.4, 0.5) is 10.8 Å². The van der Waals surface area contributed by atoms with Crippen molar-refractivity contribution in [3.8, 4) is 0 Å². The van der Waals surface area contributed by atoms with E-state index in [4.69, 9.17) is 0 Å². The lowest BCUT2D eigenvalue weighted by atomic mass is 9.94. The molecule has 186 valence electrons. The van der Waals surface area contributed by atoms with Gasteiger partial charge in [0, 0.05) is 17.7 Å². The van der Waals surface area contributed by atoms with Crippen LogP contribution in [0.15, 0.2) is 72.3 Å². The van der Waals surface area contributed by atoms with Crippen LogP contribution in [0, 0.1) is 17.0 Å². The number of aryl methyl sites for hydroxylation is 1. The van der Waals surface area contributed by atoms with Crippen molar-refractivity contribution in [2.75, 3.05) is 4.90 Å². The molecule has 1 aliphatic rings. The van der Waals surface area contributed by atoms with Crippen LogP contribution in [0.3, 0.4) is 0 Å². The number of carbonyl (C=O) groups excluding carboxylic acids is 2. The van der Waals surface area contributed by atoms with Crippen molar-refractivity contribution in [3.63, 3.8) is 0 Å². The quantitative estimate of drug-likeness (QED) is 0.111. The van der Waals surface area contributed by atoms with E-state index in [9.17, 15) is 24.8 Å². The molecule has 3 aromatic carbocycles. The van der Waals surface area contributed by atoms with Gasteiger partial charge in [-0.15, -0.1) is 0 Å². The Bertz CT molecular complexity index is 1600. The minimum atomic E-state index is -0.916. The number of fused-ring (bicyclic) bond motifs is 1. The Hall–Kier alpha value is -4.37. The molecule has 0 aliphatic carbocycles. The van der Waals surface area contributed by atoms with Gasteiger partial charge >= 0.3 is 5.91 Å². The number of aliphatic hydroxyl groups is 1. The minimum absolute atomic E-state index is 0.0911. The van der Waals surface area contributed by atoms with Gasteiger partial charge in [-0.1, -0.05) is 61.1 Å². The standard InChI is InChI=1S/C28H23N3O5S/c1-15(2)18-9-12-21-22(14-18)37-28(29-21)30-24(19-6-4-5-16(3)13-19)23(26(33)27(30)34)25(32)17-7-10-20(11-8-17)31(35)36/h4-15,24,32H,1-3H3/b25-23+. The van der Waals surface area contributed by atoms with Gasteiger partial charge in [-0.2, -0.15) is 0 Å². The molecule has 0 spiro atoms. The number of carbonyl (C=O) groups is 2. The molecule has 1 aromatic heterocycles. The molecule has 1 unspecified atom stereocenters. The monoisotopic (exact) mass is 513 g/mol. The molecule has 5 rings (SSSR count). The lowest BCUT2D eigenvalue weighted by Gasteiger charge is -2.23. The van der Waals surface area contributed by atoms with Crippen LogP contribution in [-0.2, 0) is 9.59 Å². The number of amides is 1. The average Bonchev–Trinajstić information content (AvgIpc) is 3.41. The Morgan fingerprint density at radius 1 is 1.08 bits per heavy atom. The third-order valence-electron chi connectivity index (χ3n) is 6.43. The van der Waals surface area contributed by atoms with E-state index < -0.39 is 28.4 Å². The van der Waals surface area contributed by atoms with Crippen LogP contribution < -0.4 is 4.90 Å². The molecule has 9 heteroatoms. The molecule has 0 radical (unpaired) electrons. The molecule has 1 amide bonds. The van der Waals surface area contributed by atoms with Gasteiger partial charge in [0.15, 0.2) is 5.13 Å². The first-order chi connectivity index (χ1) is 17.7. The number of rotatable bonds is 5. The molecule has 37 heavy (non-hydrogen) atoms. The van der Waals surface area contributed by atoms with E-state index >= 15 is 0 Å². The Labute approximate surface area is 216 Å². The normalized spacial score (nSPS) is 17.2. The summed E-state index contributed by atoms with van der Waals surface area (Å²) in [5.74, 6) is -1.72. The third kappa shape index (κ3) is 4.27. The Morgan fingerprint density at radius 2 is 1.81 bits per heavy atom. The highest BCUT2D eigenvalue weighted by molar-refractivity contribution is 7.22. The number of hydrogen-bond acceptors (Lipinski definition) is 7. The molecule has 1 aliphatic heterocycles. The highest BCUT2D eigenvalue weighted by Gasteiger charge is 2.48. The number of non-ortho nitro benzene ring substituents is 1. The Kier molecular flexibility index (Phi) is 6.08. The largest absolute Gasteiger partial charge is 0.507 e. The number of Topliss-reactive ketones (excluding diaryl/α,β-unsaturated/α-hetero) is 1. The fraction of sp³-hybridized carbons (Fsp3) is 0.179. The van der Waals surface area contributed by atoms with Gasteiger partial charge in [0.05, 0.1) is 26.8 Å². The zero-order valence-corrected chi connectivity index (χ0v) is 21.2. The Balaban J connectivity index is 1.69. The number of ketones is 1. The maximum atomic E-state index is 13.4. The summed E-state index contributed by atoms with van der Waals surface area (Å²) in [5.41, 5.74) is 3.37. The molecule has 2 heterocycles. The zero-order chi connectivity index (χ0) is 26.4. The summed E-state index contributed by atoms with van der Waals surface area (Å²) in [6, 6.07) is 17.6. The van der Waals surface area contributed by atoms with Crippen LogP contribution in [0.2, 0.25) is 0 Å². The van der Waals surface area contributed by atoms with Crippen molar-refractivity contribution in [1.29, 1.82) is 0 Å². The molecule has 1 N–H and O–H groups in total. The molecular weight excluding hydrogens is 490 g/mol. The average molecular weight is 514 g/mol. The summed E-state index contributed by atoms with van der Waals surface area (Å²) in [6.45, 7) is 6.09. The number of nitro benzene ring substituents is 1. The predicted molar refractivity (Wildman–Crippen MR) is 143 cm³/mol. The van der Waals surface area contributed by atoms with Gasteiger partial charge in [-0.3, -0.25) is 24.6 Å². The summed E-state index contributed by atoms with van der Waals surface area (Å²) < 4.78 is 0.890. The SMILES string of the molecule is Cc1cccc(C2/C(=C(\O)c3ccc([N+](=O)[O-])cc3)C(=O)C(=O)N2c2nc3ccc(C(C)C)cc3s2)c1. The maximum Gasteiger partial charge on any atom is 0.301 e. The summed E-state index contributed by atoms with van der Waals surface area (Å²) in [4.78, 5) is 43.3. The lowest BCUT2D eigenvalue weighted by molar-refractivity contribution is -0.384. The van der Waals surface area contributed by atoms with E-state index in [1.165, 1.54) is 40.5 Å². The number of nitro groups is 1. The third-order valence-corrected chi connectivity index (χ3v) is 7.45. The number of hydrogen-bond donors (Lipinski definition) is 1. The smallest absolute Gasteiger partial charge is 0.301 e. The lowest BCUT2D eigenvalue weighted by Crippen LogP contribution is -2.29. The van der Waals surface area contributed by atoms with E-state index in [2.05, 4.69) is 18.8 Å². The van der Waals surface area contributed by atoms with Crippen LogP contribution >= 0.6 is 11.3 Å². The van der Waals surface area contributed by atoms with E-state index in [0.717, 1.165) is 15.8 Å². The van der Waals surface area contributed by atoms with Gasteiger partial charge in [0.1, 0.15) is 5.76 Å². The second-order valence-corrected chi connectivity index (χ2v) is 10.3. The molecule has 0 bridgehead atoms. The van der Waals surface area contributed by atoms with Crippen molar-refractivity contribution in [3.05, 3.63) is 105 Å². The molecule has 1 fully saturated rings. The van der Waals surface area contributed by atoms with Crippen molar-refractivity contribution >= 4 is 49.8 Å². The number of aromatic nitrogens is 1. The molecule has 0 saturated carbocycles. The van der Waals surface area contributed by atoms with Gasteiger partial charge in [0.25, 0.3) is 11.5 Å². The number of aliphatic hydroxyl groups excluding tert-OH is 1. The fourth-order valence-corrected chi connectivity index (χ4v) is 5.51. The summed E-state index contributed by atoms with van der Waals surface area (Å²) in [6.07, 6.45) is 0. The van der Waals surface area contributed by atoms with Gasteiger partial charge in [0.2, 0.25) is 0 Å². The van der Waals surface area contributed by atoms with Gasteiger partial charge in [-0.25, -0.2) is 4.98 Å².